The van der Waals surface area contributed by atoms with E-state index in [1.54, 1.807) is 30.3 Å². The molecule has 0 fully saturated rings. The summed E-state index contributed by atoms with van der Waals surface area (Å²) in [6, 6.07) is 16.2. The van der Waals surface area contributed by atoms with Crippen LogP contribution in [0.5, 0.6) is 0 Å². The molecule has 34 heavy (non-hydrogen) atoms. The predicted octanol–water partition coefficient (Wildman–Crippen LogP) is 5.09. The first-order valence-corrected chi connectivity index (χ1v) is 10.7. The Labute approximate surface area is 203 Å². The molecule has 3 aromatic carbocycles. The van der Waals surface area contributed by atoms with Gasteiger partial charge in [-0.3, -0.25) is 24.7 Å². The van der Waals surface area contributed by atoms with Gasteiger partial charge in [-0.2, -0.15) is 0 Å². The summed E-state index contributed by atoms with van der Waals surface area (Å²) >= 11 is 12.0. The van der Waals surface area contributed by atoms with Gasteiger partial charge in [0.2, 0.25) is 11.9 Å². The molecule has 0 bridgehead atoms. The normalized spacial score (nSPS) is 10.8. The summed E-state index contributed by atoms with van der Waals surface area (Å²) < 4.78 is 0. The number of aromatic nitrogens is 2. The molecule has 0 aliphatic carbocycles. The Morgan fingerprint density at radius 3 is 2.53 bits per heavy atom. The summed E-state index contributed by atoms with van der Waals surface area (Å²) in [5, 5.41) is 15.1. The number of H-pyrrole nitrogens is 1. The number of aromatic amines is 1. The number of carbonyl (C=O) groups excluding carboxylic acids is 1. The zero-order chi connectivity index (χ0) is 24.4. The van der Waals surface area contributed by atoms with E-state index in [-0.39, 0.29) is 40.6 Å². The summed E-state index contributed by atoms with van der Waals surface area (Å²) in [7, 11) is 1.48. The maximum absolute atomic E-state index is 13.0. The van der Waals surface area contributed by atoms with Crippen LogP contribution in [-0.2, 0) is 11.2 Å². The number of hydrogen-bond donors (Lipinski definition) is 2. The van der Waals surface area contributed by atoms with E-state index in [1.165, 1.54) is 18.0 Å². The molecule has 0 unspecified atom stereocenters. The van der Waals surface area contributed by atoms with Gasteiger partial charge in [0.15, 0.2) is 0 Å². The average Bonchev–Trinajstić information content (AvgIpc) is 2.81. The summed E-state index contributed by atoms with van der Waals surface area (Å²) in [5.41, 5.74) is 0.603. The third-order valence-corrected chi connectivity index (χ3v) is 5.84. The topological polar surface area (TPSA) is 121 Å². The maximum atomic E-state index is 13.0. The van der Waals surface area contributed by atoms with Crippen molar-refractivity contribution in [2.24, 2.45) is 0 Å². The number of amides is 1. The van der Waals surface area contributed by atoms with Gasteiger partial charge in [0, 0.05) is 24.9 Å². The van der Waals surface area contributed by atoms with Gasteiger partial charge in [0.1, 0.15) is 5.52 Å². The number of nitro benzene ring substituents is 1. The van der Waals surface area contributed by atoms with Crippen molar-refractivity contribution in [3.05, 3.63) is 96.7 Å². The van der Waals surface area contributed by atoms with Crippen molar-refractivity contribution < 1.29 is 9.72 Å². The minimum absolute atomic E-state index is 0.0248. The molecule has 4 rings (SSSR count). The van der Waals surface area contributed by atoms with E-state index < -0.39 is 10.5 Å². The fraction of sp³-hybridized carbons (Fsp3) is 0.0870. The molecule has 11 heteroatoms. The number of carbonyl (C=O) groups is 1. The molecule has 2 N–H and O–H groups in total. The number of likely N-dealkylation sites (N-methyl/N-ethyl adjacent to an activating group) is 1. The molecule has 0 saturated carbocycles. The van der Waals surface area contributed by atoms with E-state index in [2.05, 4.69) is 15.3 Å². The highest BCUT2D eigenvalue weighted by atomic mass is 35.5. The number of hydrogen-bond acceptors (Lipinski definition) is 6. The monoisotopic (exact) mass is 497 g/mol. The smallest absolute Gasteiger partial charge is 0.272 e. The molecule has 0 aliphatic heterocycles. The van der Waals surface area contributed by atoms with Crippen molar-refractivity contribution in [3.8, 4) is 0 Å². The third kappa shape index (κ3) is 4.85. The summed E-state index contributed by atoms with van der Waals surface area (Å²) in [6.07, 6.45) is 0.0685. The molecule has 1 heterocycles. The Hall–Kier alpha value is -3.95. The molecular weight excluding hydrogens is 481 g/mol. The van der Waals surface area contributed by atoms with E-state index in [9.17, 15) is 19.7 Å². The van der Waals surface area contributed by atoms with Crippen LogP contribution in [0.15, 0.2) is 65.5 Å². The largest absolute Gasteiger partial charge is 0.326 e. The lowest BCUT2D eigenvalue weighted by atomic mass is 10.1. The number of nitro groups is 1. The van der Waals surface area contributed by atoms with Crippen LogP contribution in [0, 0.1) is 10.1 Å². The number of nitrogens with zero attached hydrogens (tertiary/aromatic N) is 3. The highest BCUT2D eigenvalue weighted by molar-refractivity contribution is 6.42. The Morgan fingerprint density at radius 2 is 1.85 bits per heavy atom. The minimum atomic E-state index is -0.625. The second-order valence-corrected chi connectivity index (χ2v) is 8.22. The van der Waals surface area contributed by atoms with Gasteiger partial charge in [-0.05, 0) is 23.8 Å². The van der Waals surface area contributed by atoms with Gasteiger partial charge < -0.3 is 10.2 Å². The average molecular weight is 498 g/mol. The van der Waals surface area contributed by atoms with Crippen molar-refractivity contribution >= 4 is 63.0 Å². The summed E-state index contributed by atoms with van der Waals surface area (Å²) in [6.45, 7) is 0. The van der Waals surface area contributed by atoms with Crippen LogP contribution in [0.4, 0.5) is 23.0 Å². The lowest BCUT2D eigenvalue weighted by Crippen LogP contribution is -2.28. The number of benzene rings is 3. The van der Waals surface area contributed by atoms with E-state index in [0.717, 1.165) is 11.6 Å². The molecule has 1 aromatic heterocycles. The van der Waals surface area contributed by atoms with Gasteiger partial charge in [0.25, 0.3) is 11.2 Å². The fourth-order valence-corrected chi connectivity index (χ4v) is 3.66. The quantitative estimate of drug-likeness (QED) is 0.282. The standard InChI is InChI=1S/C23H17Cl2N5O4/c1-29(20(31)9-13-5-3-2-4-6-13)19-12-15(30(33)34)11-16-21(19)27-23(28-22(16)32)26-14-7-8-17(24)18(25)10-14/h2-8,10-12H,9H2,1H3,(H2,26,27,28,32). The van der Waals surface area contributed by atoms with Crippen LogP contribution < -0.4 is 15.8 Å². The fourth-order valence-electron chi connectivity index (χ4n) is 3.36. The van der Waals surface area contributed by atoms with E-state index in [4.69, 9.17) is 23.2 Å². The lowest BCUT2D eigenvalue weighted by molar-refractivity contribution is -0.384. The SMILES string of the molecule is CN(C(=O)Cc1ccccc1)c1cc([N+](=O)[O-])cc2c(=O)[nH]c(Nc3ccc(Cl)c(Cl)c3)nc12. The molecule has 0 spiro atoms. The van der Waals surface area contributed by atoms with Gasteiger partial charge in [0.05, 0.1) is 32.5 Å². The van der Waals surface area contributed by atoms with Crippen molar-refractivity contribution in [2.45, 2.75) is 6.42 Å². The zero-order valence-corrected chi connectivity index (χ0v) is 19.2. The molecule has 172 valence electrons. The van der Waals surface area contributed by atoms with Crippen LogP contribution in [-0.4, -0.2) is 27.8 Å². The van der Waals surface area contributed by atoms with E-state index >= 15 is 0 Å². The number of rotatable bonds is 6. The Bertz CT molecular complexity index is 1470. The van der Waals surface area contributed by atoms with Crippen LogP contribution in [0.1, 0.15) is 5.56 Å². The van der Waals surface area contributed by atoms with Gasteiger partial charge >= 0.3 is 0 Å². The summed E-state index contributed by atoms with van der Waals surface area (Å²) in [5.74, 6) is -0.260. The van der Waals surface area contributed by atoms with Crippen molar-refractivity contribution in [1.82, 2.24) is 9.97 Å². The third-order valence-electron chi connectivity index (χ3n) is 5.10. The van der Waals surface area contributed by atoms with Crippen molar-refractivity contribution in [3.63, 3.8) is 0 Å². The Kier molecular flexibility index (Phi) is 6.49. The first-order chi connectivity index (χ1) is 16.2. The Balaban J connectivity index is 1.79. The van der Waals surface area contributed by atoms with Gasteiger partial charge in [-0.1, -0.05) is 53.5 Å². The minimum Gasteiger partial charge on any atom is -0.326 e. The zero-order valence-electron chi connectivity index (χ0n) is 17.7. The number of non-ortho nitro benzene ring substituents is 1. The molecule has 0 radical (unpaired) electrons. The predicted molar refractivity (Wildman–Crippen MR) is 132 cm³/mol. The molecule has 9 nitrogen and oxygen atoms in total. The number of halogens is 2. The molecule has 0 atom stereocenters. The van der Waals surface area contributed by atoms with E-state index in [0.29, 0.717) is 15.7 Å². The Morgan fingerprint density at radius 1 is 1.12 bits per heavy atom. The van der Waals surface area contributed by atoms with Crippen molar-refractivity contribution in [1.29, 1.82) is 0 Å². The lowest BCUT2D eigenvalue weighted by Gasteiger charge is -2.19. The number of anilines is 3. The van der Waals surface area contributed by atoms with Crippen LogP contribution >= 0.6 is 23.2 Å². The summed E-state index contributed by atoms with van der Waals surface area (Å²) in [4.78, 5) is 44.9. The van der Waals surface area contributed by atoms with Gasteiger partial charge in [-0.15, -0.1) is 0 Å². The molecular formula is C23H17Cl2N5O4. The highest BCUT2D eigenvalue weighted by Crippen LogP contribution is 2.31. The molecule has 0 saturated heterocycles. The van der Waals surface area contributed by atoms with Crippen molar-refractivity contribution in [2.75, 3.05) is 17.3 Å². The first kappa shape index (κ1) is 23.2. The second-order valence-electron chi connectivity index (χ2n) is 7.40. The highest BCUT2D eigenvalue weighted by Gasteiger charge is 2.22. The maximum Gasteiger partial charge on any atom is 0.272 e. The van der Waals surface area contributed by atoms with Gasteiger partial charge in [-0.25, -0.2) is 4.98 Å². The number of nitrogens with one attached hydrogen (secondary N) is 2. The number of fused-ring (bicyclic) bond motifs is 1. The van der Waals surface area contributed by atoms with Crippen LogP contribution in [0.25, 0.3) is 10.9 Å². The van der Waals surface area contributed by atoms with E-state index in [1.807, 2.05) is 18.2 Å². The molecule has 0 aliphatic rings. The second kappa shape index (κ2) is 9.50. The first-order valence-electron chi connectivity index (χ1n) is 9.98. The van der Waals surface area contributed by atoms with Crippen LogP contribution in [0.3, 0.4) is 0 Å². The molecule has 1 amide bonds. The van der Waals surface area contributed by atoms with Crippen LogP contribution in [0.2, 0.25) is 10.0 Å². The molecule has 4 aromatic rings.